The summed E-state index contributed by atoms with van der Waals surface area (Å²) in [6, 6.07) is 1.31. The molecule has 0 aromatic rings. The van der Waals surface area contributed by atoms with E-state index in [-0.39, 0.29) is 0 Å². The predicted molar refractivity (Wildman–Crippen MR) is 62.7 cm³/mol. The molecule has 0 saturated heterocycles. The van der Waals surface area contributed by atoms with Crippen LogP contribution >= 0.6 is 0 Å². The van der Waals surface area contributed by atoms with Crippen molar-refractivity contribution < 1.29 is 0 Å². The molecule has 78 valence electrons. The largest absolute Gasteiger partial charge is 0.331 e. The van der Waals surface area contributed by atoms with Crippen LogP contribution in [0.15, 0.2) is 0 Å². The molecule has 2 N–H and O–H groups in total. The topological polar surface area (TPSA) is 26.0 Å². The molecule has 0 aromatic carbocycles. The van der Waals surface area contributed by atoms with Gasteiger partial charge in [-0.3, -0.25) is 0 Å². The third kappa shape index (κ3) is 2.81. The molecule has 2 heteroatoms. The van der Waals surface area contributed by atoms with E-state index in [4.69, 9.17) is 5.73 Å². The molecule has 0 aliphatic heterocycles. The molecular formula is C11H25NSi. The maximum Gasteiger partial charge on any atom is 0.0517 e. The van der Waals surface area contributed by atoms with E-state index in [0.29, 0.717) is 5.41 Å². The maximum absolute atomic E-state index is 5.68. The van der Waals surface area contributed by atoms with Crippen LogP contribution in [0.5, 0.6) is 0 Å². The van der Waals surface area contributed by atoms with E-state index in [1.54, 1.807) is 0 Å². The summed E-state index contributed by atoms with van der Waals surface area (Å²) in [7, 11) is -0.984. The molecule has 1 aliphatic carbocycles. The molecule has 13 heavy (non-hydrogen) atoms. The Balaban J connectivity index is 2.54. The Labute approximate surface area is 84.1 Å². The third-order valence-electron chi connectivity index (χ3n) is 3.86. The highest BCUT2D eigenvalue weighted by Crippen LogP contribution is 2.49. The van der Waals surface area contributed by atoms with Crippen LogP contribution in [0.1, 0.15) is 33.1 Å². The van der Waals surface area contributed by atoms with Gasteiger partial charge >= 0.3 is 0 Å². The molecule has 0 amide bonds. The summed E-state index contributed by atoms with van der Waals surface area (Å²) >= 11 is 0. The SMILES string of the molecule is CC1(C)CCC([Si](C)(C)CCN)C1. The van der Waals surface area contributed by atoms with Crippen molar-refractivity contribution >= 4 is 8.07 Å². The standard InChI is InChI=1S/C11H25NSi/c1-11(2)6-5-10(9-11)13(3,4)8-7-12/h10H,5-9,12H2,1-4H3. The summed E-state index contributed by atoms with van der Waals surface area (Å²) in [5, 5.41) is 0. The van der Waals surface area contributed by atoms with Crippen LogP contribution in [0, 0.1) is 5.41 Å². The fourth-order valence-corrected chi connectivity index (χ4v) is 5.86. The van der Waals surface area contributed by atoms with E-state index >= 15 is 0 Å². The lowest BCUT2D eigenvalue weighted by Crippen LogP contribution is -2.34. The van der Waals surface area contributed by atoms with Crippen LogP contribution in [0.4, 0.5) is 0 Å². The summed E-state index contributed by atoms with van der Waals surface area (Å²) in [5.41, 5.74) is 7.33. The summed E-state index contributed by atoms with van der Waals surface area (Å²) in [6.45, 7) is 10.8. The highest BCUT2D eigenvalue weighted by molar-refractivity contribution is 6.78. The number of nitrogens with two attached hydrogens (primary N) is 1. The first-order valence-corrected chi connectivity index (χ1v) is 8.86. The molecular weight excluding hydrogens is 174 g/mol. The number of rotatable bonds is 3. The maximum atomic E-state index is 5.68. The molecule has 1 atom stereocenters. The second-order valence-electron chi connectivity index (χ2n) is 6.13. The molecule has 1 aliphatic rings. The zero-order chi connectivity index (χ0) is 10.1. The highest BCUT2D eigenvalue weighted by Gasteiger charge is 2.39. The monoisotopic (exact) mass is 199 g/mol. The lowest BCUT2D eigenvalue weighted by molar-refractivity contribution is 0.381. The molecule has 0 spiro atoms. The Hall–Kier alpha value is 0.177. The van der Waals surface area contributed by atoms with Gasteiger partial charge in [0.1, 0.15) is 0 Å². The van der Waals surface area contributed by atoms with Gasteiger partial charge in [-0.1, -0.05) is 33.4 Å². The molecule has 0 heterocycles. The van der Waals surface area contributed by atoms with E-state index in [9.17, 15) is 0 Å². The van der Waals surface area contributed by atoms with Crippen molar-refractivity contribution in [3.63, 3.8) is 0 Å². The molecule has 1 rings (SSSR count). The van der Waals surface area contributed by atoms with Crippen molar-refractivity contribution in [2.24, 2.45) is 11.1 Å². The van der Waals surface area contributed by atoms with Crippen molar-refractivity contribution in [2.75, 3.05) is 6.54 Å². The van der Waals surface area contributed by atoms with Gasteiger partial charge in [-0.25, -0.2) is 0 Å². The minimum absolute atomic E-state index is 0.615. The highest BCUT2D eigenvalue weighted by atomic mass is 28.3. The molecule has 1 unspecified atom stereocenters. The summed E-state index contributed by atoms with van der Waals surface area (Å²) < 4.78 is 0. The van der Waals surface area contributed by atoms with Crippen LogP contribution in [-0.2, 0) is 0 Å². The molecule has 1 saturated carbocycles. The minimum atomic E-state index is -0.984. The van der Waals surface area contributed by atoms with E-state index in [1.165, 1.54) is 25.3 Å². The third-order valence-corrected chi connectivity index (χ3v) is 8.14. The summed E-state index contributed by atoms with van der Waals surface area (Å²) in [4.78, 5) is 0. The Kier molecular flexibility index (Phi) is 3.23. The molecule has 0 aromatic heterocycles. The van der Waals surface area contributed by atoms with Crippen molar-refractivity contribution in [1.29, 1.82) is 0 Å². The fourth-order valence-electron chi connectivity index (χ4n) is 2.68. The second-order valence-corrected chi connectivity index (χ2v) is 11.4. The Bertz CT molecular complexity index is 175. The zero-order valence-electron chi connectivity index (χ0n) is 9.69. The van der Waals surface area contributed by atoms with Gasteiger partial charge in [-0.15, -0.1) is 0 Å². The van der Waals surface area contributed by atoms with E-state index in [0.717, 1.165) is 12.1 Å². The van der Waals surface area contributed by atoms with Gasteiger partial charge in [0.2, 0.25) is 0 Å². The van der Waals surface area contributed by atoms with Crippen LogP contribution in [0.2, 0.25) is 24.7 Å². The van der Waals surface area contributed by atoms with Crippen LogP contribution in [0.25, 0.3) is 0 Å². The first-order chi connectivity index (χ1) is 5.87. The quantitative estimate of drug-likeness (QED) is 0.694. The van der Waals surface area contributed by atoms with Crippen molar-refractivity contribution in [3.8, 4) is 0 Å². The first kappa shape index (κ1) is 11.3. The van der Waals surface area contributed by atoms with Crippen molar-refractivity contribution in [1.82, 2.24) is 0 Å². The Morgan fingerprint density at radius 2 is 2.00 bits per heavy atom. The van der Waals surface area contributed by atoms with Crippen LogP contribution in [0.3, 0.4) is 0 Å². The normalized spacial score (nSPS) is 27.9. The van der Waals surface area contributed by atoms with E-state index in [1.807, 2.05) is 0 Å². The second kappa shape index (κ2) is 3.74. The molecule has 0 bridgehead atoms. The molecule has 1 nitrogen and oxygen atoms in total. The zero-order valence-corrected chi connectivity index (χ0v) is 10.7. The van der Waals surface area contributed by atoms with Gasteiger partial charge in [-0.05, 0) is 36.4 Å². The average molecular weight is 199 g/mol. The van der Waals surface area contributed by atoms with Crippen molar-refractivity contribution in [3.05, 3.63) is 0 Å². The van der Waals surface area contributed by atoms with Gasteiger partial charge in [0.05, 0.1) is 8.07 Å². The predicted octanol–water partition coefficient (Wildman–Crippen LogP) is 3.23. The lowest BCUT2D eigenvalue weighted by atomic mass is 9.92. The number of hydrogen-bond acceptors (Lipinski definition) is 1. The van der Waals surface area contributed by atoms with Gasteiger partial charge in [0, 0.05) is 0 Å². The smallest absolute Gasteiger partial charge is 0.0517 e. The Morgan fingerprint density at radius 1 is 1.38 bits per heavy atom. The Morgan fingerprint density at radius 3 is 2.38 bits per heavy atom. The minimum Gasteiger partial charge on any atom is -0.331 e. The van der Waals surface area contributed by atoms with Gasteiger partial charge in [-0.2, -0.15) is 0 Å². The average Bonchev–Trinajstić information content (AvgIpc) is 2.30. The van der Waals surface area contributed by atoms with Gasteiger partial charge in [0.25, 0.3) is 0 Å². The van der Waals surface area contributed by atoms with Gasteiger partial charge < -0.3 is 5.73 Å². The summed E-state index contributed by atoms with van der Waals surface area (Å²) in [5.74, 6) is 0. The van der Waals surface area contributed by atoms with Gasteiger partial charge in [0.15, 0.2) is 0 Å². The van der Waals surface area contributed by atoms with E-state index < -0.39 is 8.07 Å². The molecule has 0 radical (unpaired) electrons. The lowest BCUT2D eigenvalue weighted by Gasteiger charge is -2.30. The molecule has 1 fully saturated rings. The van der Waals surface area contributed by atoms with Crippen molar-refractivity contribution in [2.45, 2.75) is 57.8 Å². The van der Waals surface area contributed by atoms with Crippen LogP contribution < -0.4 is 5.73 Å². The van der Waals surface area contributed by atoms with E-state index in [2.05, 4.69) is 26.9 Å². The fraction of sp³-hybridized carbons (Fsp3) is 1.00. The number of hydrogen-bond donors (Lipinski definition) is 1. The van der Waals surface area contributed by atoms with Crippen LogP contribution in [-0.4, -0.2) is 14.6 Å². The first-order valence-electron chi connectivity index (χ1n) is 5.57. The summed E-state index contributed by atoms with van der Waals surface area (Å²) in [6.07, 6.45) is 4.34.